The van der Waals surface area contributed by atoms with Gasteiger partial charge in [-0.15, -0.1) is 0 Å². The van der Waals surface area contributed by atoms with Crippen LogP contribution in [0.5, 0.6) is 0 Å². The molecule has 0 bridgehead atoms. The van der Waals surface area contributed by atoms with E-state index < -0.39 is 17.9 Å². The number of carbonyl (C=O) groups is 2. The normalized spacial score (nSPS) is 14.3. The molecule has 1 N–H and O–H groups in total. The SMILES string of the molecule is COC(=O)[C@H](NC(=O)c1cc2c(n(Cc3ccccc3)c1=O)CCCCCC2)c1ccccc1. The number of esters is 1. The van der Waals surface area contributed by atoms with Crippen LogP contribution >= 0.6 is 0 Å². The first-order valence-corrected chi connectivity index (χ1v) is 11.8. The fourth-order valence-electron chi connectivity index (χ4n) is 4.58. The van der Waals surface area contributed by atoms with Gasteiger partial charge >= 0.3 is 5.97 Å². The maximum Gasteiger partial charge on any atom is 0.333 e. The van der Waals surface area contributed by atoms with Crippen molar-refractivity contribution in [3.63, 3.8) is 0 Å². The molecule has 2 aromatic carbocycles. The highest BCUT2D eigenvalue weighted by Gasteiger charge is 2.27. The molecule has 0 spiro atoms. The van der Waals surface area contributed by atoms with Crippen LogP contribution in [0.15, 0.2) is 71.5 Å². The number of hydrogen-bond donors (Lipinski definition) is 1. The van der Waals surface area contributed by atoms with Crippen LogP contribution in [0, 0.1) is 0 Å². The van der Waals surface area contributed by atoms with Crippen LogP contribution in [0.25, 0.3) is 0 Å². The first kappa shape index (κ1) is 23.5. The maximum absolute atomic E-state index is 13.6. The molecule has 34 heavy (non-hydrogen) atoms. The highest BCUT2D eigenvalue weighted by Crippen LogP contribution is 2.22. The summed E-state index contributed by atoms with van der Waals surface area (Å²) in [5.74, 6) is -1.16. The molecule has 1 atom stereocenters. The number of aryl methyl sites for hydroxylation is 1. The minimum absolute atomic E-state index is 0.0556. The summed E-state index contributed by atoms with van der Waals surface area (Å²) in [6.07, 6.45) is 5.95. The van der Waals surface area contributed by atoms with E-state index in [1.165, 1.54) is 7.11 Å². The molecule has 6 heteroatoms. The fourth-order valence-corrected chi connectivity index (χ4v) is 4.58. The standard InChI is InChI=1S/C28H30N2O4/c1-34-28(33)25(21-14-9-5-10-15-21)29-26(31)23-18-22-16-8-2-3-11-17-24(22)30(27(23)32)19-20-12-6-4-7-13-20/h4-7,9-10,12-15,18,25H,2-3,8,11,16-17,19H2,1H3,(H,29,31)/t25-/m1/s1. The highest BCUT2D eigenvalue weighted by molar-refractivity contribution is 5.97. The summed E-state index contributed by atoms with van der Waals surface area (Å²) in [5.41, 5.74) is 3.37. The number of hydrogen-bond acceptors (Lipinski definition) is 4. The third kappa shape index (κ3) is 5.28. The molecule has 1 aromatic heterocycles. The lowest BCUT2D eigenvalue weighted by atomic mass is 9.95. The van der Waals surface area contributed by atoms with Gasteiger partial charge in [-0.1, -0.05) is 73.5 Å². The molecule has 0 radical (unpaired) electrons. The summed E-state index contributed by atoms with van der Waals surface area (Å²) >= 11 is 0. The van der Waals surface area contributed by atoms with Gasteiger partial charge in [0.2, 0.25) is 0 Å². The quantitative estimate of drug-likeness (QED) is 0.562. The minimum Gasteiger partial charge on any atom is -0.467 e. The van der Waals surface area contributed by atoms with Crippen LogP contribution in [0.4, 0.5) is 0 Å². The van der Waals surface area contributed by atoms with E-state index in [1.807, 2.05) is 36.4 Å². The van der Waals surface area contributed by atoms with E-state index in [1.54, 1.807) is 34.9 Å². The molecule has 1 amide bonds. The number of pyridine rings is 1. The molecule has 0 saturated carbocycles. The molecule has 1 aliphatic carbocycles. The molecule has 4 rings (SSSR count). The number of amides is 1. The van der Waals surface area contributed by atoms with Gasteiger partial charge in [-0.2, -0.15) is 0 Å². The van der Waals surface area contributed by atoms with Crippen molar-refractivity contribution in [1.82, 2.24) is 9.88 Å². The van der Waals surface area contributed by atoms with Crippen molar-refractivity contribution in [2.75, 3.05) is 7.11 Å². The lowest BCUT2D eigenvalue weighted by Crippen LogP contribution is -2.39. The van der Waals surface area contributed by atoms with Gasteiger partial charge in [0.1, 0.15) is 5.56 Å². The summed E-state index contributed by atoms with van der Waals surface area (Å²) < 4.78 is 6.67. The minimum atomic E-state index is -0.998. The molecule has 6 nitrogen and oxygen atoms in total. The summed E-state index contributed by atoms with van der Waals surface area (Å²) in [6.45, 7) is 0.405. The Labute approximate surface area is 199 Å². The number of ether oxygens (including phenoxy) is 1. The topological polar surface area (TPSA) is 77.4 Å². The van der Waals surface area contributed by atoms with Crippen LogP contribution in [-0.2, 0) is 28.9 Å². The van der Waals surface area contributed by atoms with Crippen molar-refractivity contribution in [2.24, 2.45) is 0 Å². The van der Waals surface area contributed by atoms with Crippen molar-refractivity contribution in [1.29, 1.82) is 0 Å². The predicted molar refractivity (Wildman–Crippen MR) is 131 cm³/mol. The summed E-state index contributed by atoms with van der Waals surface area (Å²) in [5, 5.41) is 2.74. The van der Waals surface area contributed by atoms with E-state index >= 15 is 0 Å². The Morgan fingerprint density at radius 2 is 1.59 bits per heavy atom. The summed E-state index contributed by atoms with van der Waals surface area (Å²) in [4.78, 5) is 39.5. The van der Waals surface area contributed by atoms with Gasteiger partial charge in [-0.3, -0.25) is 9.59 Å². The average Bonchev–Trinajstić information content (AvgIpc) is 2.85. The van der Waals surface area contributed by atoms with Crippen LogP contribution in [0.2, 0.25) is 0 Å². The fraction of sp³-hybridized carbons (Fsp3) is 0.321. The number of carbonyl (C=O) groups excluding carboxylic acids is 2. The number of nitrogens with one attached hydrogen (secondary N) is 1. The highest BCUT2D eigenvalue weighted by atomic mass is 16.5. The number of aromatic nitrogens is 1. The second-order valence-electron chi connectivity index (χ2n) is 8.66. The third-order valence-electron chi connectivity index (χ3n) is 6.37. The van der Waals surface area contributed by atoms with E-state index in [9.17, 15) is 14.4 Å². The van der Waals surface area contributed by atoms with Gasteiger partial charge < -0.3 is 14.6 Å². The van der Waals surface area contributed by atoms with E-state index in [-0.39, 0.29) is 11.1 Å². The largest absolute Gasteiger partial charge is 0.467 e. The van der Waals surface area contributed by atoms with Gasteiger partial charge in [0.15, 0.2) is 6.04 Å². The van der Waals surface area contributed by atoms with Crippen LogP contribution in [0.3, 0.4) is 0 Å². The number of methoxy groups -OCH3 is 1. The Hall–Kier alpha value is -3.67. The third-order valence-corrected chi connectivity index (χ3v) is 6.37. The molecule has 1 heterocycles. The first-order valence-electron chi connectivity index (χ1n) is 11.8. The average molecular weight is 459 g/mol. The second kappa shape index (κ2) is 11.0. The summed E-state index contributed by atoms with van der Waals surface area (Å²) in [6, 6.07) is 19.4. The smallest absolute Gasteiger partial charge is 0.333 e. The van der Waals surface area contributed by atoms with Crippen molar-refractivity contribution >= 4 is 11.9 Å². The molecule has 3 aromatic rings. The monoisotopic (exact) mass is 458 g/mol. The zero-order chi connectivity index (χ0) is 23.9. The van der Waals surface area contributed by atoms with E-state index in [0.29, 0.717) is 12.1 Å². The molecule has 0 fully saturated rings. The molecule has 0 unspecified atom stereocenters. The Morgan fingerprint density at radius 3 is 2.26 bits per heavy atom. The van der Waals surface area contributed by atoms with E-state index in [4.69, 9.17) is 4.74 Å². The van der Waals surface area contributed by atoms with Crippen molar-refractivity contribution < 1.29 is 14.3 Å². The molecule has 176 valence electrons. The van der Waals surface area contributed by atoms with Crippen LogP contribution < -0.4 is 10.9 Å². The maximum atomic E-state index is 13.6. The lowest BCUT2D eigenvalue weighted by molar-refractivity contribution is -0.143. The number of nitrogens with zero attached hydrogens (tertiary/aromatic N) is 1. The van der Waals surface area contributed by atoms with E-state index in [0.717, 1.165) is 55.3 Å². The van der Waals surface area contributed by atoms with Crippen molar-refractivity contribution in [3.8, 4) is 0 Å². The van der Waals surface area contributed by atoms with Crippen molar-refractivity contribution in [3.05, 3.63) is 105 Å². The molecule has 1 aliphatic rings. The van der Waals surface area contributed by atoms with Crippen molar-refractivity contribution in [2.45, 2.75) is 51.1 Å². The molecular formula is C28H30N2O4. The first-order chi connectivity index (χ1) is 16.6. The van der Waals surface area contributed by atoms with Crippen LogP contribution in [0.1, 0.15) is 64.5 Å². The lowest BCUT2D eigenvalue weighted by Gasteiger charge is -2.22. The van der Waals surface area contributed by atoms with Gasteiger partial charge in [-0.25, -0.2) is 4.79 Å². The predicted octanol–water partition coefficient (Wildman–Crippen LogP) is 4.20. The number of benzene rings is 2. The second-order valence-corrected chi connectivity index (χ2v) is 8.66. The zero-order valence-corrected chi connectivity index (χ0v) is 19.5. The number of rotatable bonds is 6. The zero-order valence-electron chi connectivity index (χ0n) is 19.5. The van der Waals surface area contributed by atoms with Gasteiger partial charge in [0.05, 0.1) is 13.7 Å². The Bertz CT molecular complexity index is 1200. The van der Waals surface area contributed by atoms with Crippen LogP contribution in [-0.4, -0.2) is 23.6 Å². The molecule has 0 saturated heterocycles. The van der Waals surface area contributed by atoms with Gasteiger partial charge in [0.25, 0.3) is 11.5 Å². The van der Waals surface area contributed by atoms with E-state index in [2.05, 4.69) is 5.32 Å². The van der Waals surface area contributed by atoms with Gasteiger partial charge in [-0.05, 0) is 48.4 Å². The molecule has 0 aliphatic heterocycles. The molecular weight excluding hydrogens is 428 g/mol. The Balaban J connectivity index is 1.75. The Kier molecular flexibility index (Phi) is 7.58. The number of fused-ring (bicyclic) bond motifs is 1. The Morgan fingerprint density at radius 1 is 0.941 bits per heavy atom. The summed E-state index contributed by atoms with van der Waals surface area (Å²) in [7, 11) is 1.28. The van der Waals surface area contributed by atoms with Gasteiger partial charge in [0, 0.05) is 5.69 Å².